The number of carbonyl (C=O) groups excluding carboxylic acids is 2. The number of hydrogen-bond donors (Lipinski definition) is 1. The summed E-state index contributed by atoms with van der Waals surface area (Å²) in [5.41, 5.74) is -0.201. The normalized spacial score (nSPS) is 11.6. The van der Waals surface area contributed by atoms with Crippen LogP contribution in [0.3, 0.4) is 0 Å². The van der Waals surface area contributed by atoms with Gasteiger partial charge in [0.1, 0.15) is 16.9 Å². The molecule has 7 heteroatoms. The fraction of sp³-hybridized carbons (Fsp3) is 0.375. The number of carbonyl (C=O) groups is 2. The van der Waals surface area contributed by atoms with Crippen molar-refractivity contribution in [2.24, 2.45) is 0 Å². The van der Waals surface area contributed by atoms with Crippen molar-refractivity contribution in [2.45, 2.75) is 33.3 Å². The van der Waals surface area contributed by atoms with Gasteiger partial charge in [0.15, 0.2) is 0 Å². The van der Waals surface area contributed by atoms with E-state index in [4.69, 9.17) is 32.7 Å². The average molecular weight is 358 g/mol. The van der Waals surface area contributed by atoms with Crippen molar-refractivity contribution < 1.29 is 19.1 Å². The Morgan fingerprint density at radius 3 is 2.39 bits per heavy atom. The number of aromatic amines is 1. The lowest BCUT2D eigenvalue weighted by molar-refractivity contribution is 0.00666. The SMILES string of the molecule is CCOC(=O)c1[nH]c2cc(Cl)cc(Cl)c2c1C(=O)OC(C)(C)C. The molecule has 1 heterocycles. The molecule has 0 saturated carbocycles. The first-order chi connectivity index (χ1) is 10.6. The van der Waals surface area contributed by atoms with Gasteiger partial charge in [0.25, 0.3) is 0 Å². The Morgan fingerprint density at radius 2 is 1.83 bits per heavy atom. The highest BCUT2D eigenvalue weighted by molar-refractivity contribution is 6.40. The van der Waals surface area contributed by atoms with Crippen molar-refractivity contribution >= 4 is 46.0 Å². The molecule has 0 saturated heterocycles. The van der Waals surface area contributed by atoms with Gasteiger partial charge in [-0.2, -0.15) is 0 Å². The molecule has 23 heavy (non-hydrogen) atoms. The van der Waals surface area contributed by atoms with Crippen molar-refractivity contribution in [3.63, 3.8) is 0 Å². The molecule has 0 aliphatic carbocycles. The van der Waals surface area contributed by atoms with Crippen molar-refractivity contribution in [2.75, 3.05) is 6.61 Å². The highest BCUT2D eigenvalue weighted by atomic mass is 35.5. The molecular formula is C16H17Cl2NO4. The zero-order chi connectivity index (χ0) is 17.4. The zero-order valence-electron chi connectivity index (χ0n) is 13.3. The van der Waals surface area contributed by atoms with Crippen LogP contribution in [0.25, 0.3) is 10.9 Å². The van der Waals surface area contributed by atoms with E-state index in [1.54, 1.807) is 33.8 Å². The minimum absolute atomic E-state index is 0.000247. The number of hydrogen-bond acceptors (Lipinski definition) is 4. The van der Waals surface area contributed by atoms with Gasteiger partial charge in [0, 0.05) is 15.9 Å². The van der Waals surface area contributed by atoms with Crippen molar-refractivity contribution in [1.29, 1.82) is 0 Å². The summed E-state index contributed by atoms with van der Waals surface area (Å²) in [4.78, 5) is 27.6. The lowest BCUT2D eigenvalue weighted by atomic mass is 10.1. The standard InChI is InChI=1S/C16H17Cl2NO4/c1-5-22-15(21)13-12(14(20)23-16(2,3)4)11-9(18)6-8(17)7-10(11)19-13/h6-7,19H,5H2,1-4H3. The van der Waals surface area contributed by atoms with Crippen LogP contribution in [0.4, 0.5) is 0 Å². The van der Waals surface area contributed by atoms with E-state index < -0.39 is 17.5 Å². The van der Waals surface area contributed by atoms with Crippen LogP contribution in [0.2, 0.25) is 10.0 Å². The van der Waals surface area contributed by atoms with Crippen LogP contribution in [0.15, 0.2) is 12.1 Å². The Hall–Kier alpha value is -1.72. The Morgan fingerprint density at radius 1 is 1.17 bits per heavy atom. The van der Waals surface area contributed by atoms with E-state index in [1.807, 2.05) is 0 Å². The third-order valence-electron chi connectivity index (χ3n) is 2.90. The van der Waals surface area contributed by atoms with Crippen LogP contribution >= 0.6 is 23.2 Å². The van der Waals surface area contributed by atoms with Crippen molar-refractivity contribution in [3.05, 3.63) is 33.4 Å². The van der Waals surface area contributed by atoms with E-state index >= 15 is 0 Å². The van der Waals surface area contributed by atoms with E-state index in [9.17, 15) is 9.59 Å². The summed E-state index contributed by atoms with van der Waals surface area (Å²) in [5, 5.41) is 1.02. The molecular weight excluding hydrogens is 341 g/mol. The summed E-state index contributed by atoms with van der Waals surface area (Å²) in [5.74, 6) is -1.31. The molecule has 1 N–H and O–H groups in total. The molecule has 124 valence electrons. The summed E-state index contributed by atoms with van der Waals surface area (Å²) in [7, 11) is 0. The lowest BCUT2D eigenvalue weighted by Crippen LogP contribution is -2.25. The Bertz CT molecular complexity index is 774. The van der Waals surface area contributed by atoms with Gasteiger partial charge in [-0.05, 0) is 39.8 Å². The van der Waals surface area contributed by atoms with E-state index in [0.29, 0.717) is 15.9 Å². The maximum absolute atomic E-state index is 12.6. The van der Waals surface area contributed by atoms with E-state index in [2.05, 4.69) is 4.98 Å². The fourth-order valence-corrected chi connectivity index (χ4v) is 2.73. The molecule has 2 rings (SSSR count). The van der Waals surface area contributed by atoms with Crippen molar-refractivity contribution in [3.8, 4) is 0 Å². The minimum atomic E-state index is -0.717. The first-order valence-corrected chi connectivity index (χ1v) is 7.80. The second kappa shape index (κ2) is 6.42. The van der Waals surface area contributed by atoms with Crippen LogP contribution in [-0.2, 0) is 9.47 Å². The van der Waals surface area contributed by atoms with Crippen molar-refractivity contribution in [1.82, 2.24) is 4.98 Å². The predicted octanol–water partition coefficient (Wildman–Crippen LogP) is 4.61. The molecule has 0 aliphatic rings. The lowest BCUT2D eigenvalue weighted by Gasteiger charge is -2.19. The van der Waals surface area contributed by atoms with E-state index in [1.165, 1.54) is 6.07 Å². The number of benzene rings is 1. The monoisotopic (exact) mass is 357 g/mol. The Labute approximate surface area is 143 Å². The Balaban J connectivity index is 2.69. The predicted molar refractivity (Wildman–Crippen MR) is 89.4 cm³/mol. The largest absolute Gasteiger partial charge is 0.461 e. The Kier molecular flexibility index (Phi) is 4.92. The molecule has 0 atom stereocenters. The van der Waals surface area contributed by atoms with E-state index in [-0.39, 0.29) is 22.9 Å². The summed E-state index contributed by atoms with van der Waals surface area (Å²) < 4.78 is 10.4. The van der Waals surface area contributed by atoms with Crippen LogP contribution < -0.4 is 0 Å². The van der Waals surface area contributed by atoms with Crippen LogP contribution in [0.1, 0.15) is 48.5 Å². The third-order valence-corrected chi connectivity index (χ3v) is 3.41. The number of rotatable bonds is 3. The molecule has 2 aromatic rings. The van der Waals surface area contributed by atoms with Gasteiger partial charge in [0.05, 0.1) is 11.6 Å². The summed E-state index contributed by atoms with van der Waals surface area (Å²) >= 11 is 12.2. The molecule has 0 radical (unpaired) electrons. The summed E-state index contributed by atoms with van der Waals surface area (Å²) in [6.45, 7) is 7.07. The molecule has 0 amide bonds. The maximum atomic E-state index is 12.6. The number of halogens is 2. The number of aromatic nitrogens is 1. The van der Waals surface area contributed by atoms with Gasteiger partial charge in [-0.1, -0.05) is 23.2 Å². The molecule has 0 unspecified atom stereocenters. The summed E-state index contributed by atoms with van der Waals surface area (Å²) in [6, 6.07) is 3.08. The molecule has 1 aromatic heterocycles. The quantitative estimate of drug-likeness (QED) is 0.814. The number of ether oxygens (including phenoxy) is 2. The van der Waals surface area contributed by atoms with Gasteiger partial charge in [-0.3, -0.25) is 0 Å². The second-order valence-corrected chi connectivity index (χ2v) is 6.75. The van der Waals surface area contributed by atoms with Crippen LogP contribution in [-0.4, -0.2) is 29.1 Å². The summed E-state index contributed by atoms with van der Waals surface area (Å²) in [6.07, 6.45) is 0. The smallest absolute Gasteiger partial charge is 0.355 e. The van der Waals surface area contributed by atoms with Crippen LogP contribution in [0, 0.1) is 0 Å². The average Bonchev–Trinajstić information content (AvgIpc) is 2.76. The second-order valence-electron chi connectivity index (χ2n) is 5.91. The molecule has 0 bridgehead atoms. The van der Waals surface area contributed by atoms with Crippen LogP contribution in [0.5, 0.6) is 0 Å². The minimum Gasteiger partial charge on any atom is -0.461 e. The third kappa shape index (κ3) is 3.79. The van der Waals surface area contributed by atoms with Gasteiger partial charge in [0.2, 0.25) is 0 Å². The first kappa shape index (κ1) is 17.6. The number of esters is 2. The maximum Gasteiger partial charge on any atom is 0.355 e. The molecule has 5 nitrogen and oxygen atoms in total. The molecule has 1 aromatic carbocycles. The number of H-pyrrole nitrogens is 1. The molecule has 0 fully saturated rings. The number of fused-ring (bicyclic) bond motifs is 1. The van der Waals surface area contributed by atoms with Gasteiger partial charge in [-0.15, -0.1) is 0 Å². The number of nitrogens with one attached hydrogen (secondary N) is 1. The van der Waals surface area contributed by atoms with Gasteiger partial charge >= 0.3 is 11.9 Å². The van der Waals surface area contributed by atoms with Gasteiger partial charge < -0.3 is 14.5 Å². The first-order valence-electron chi connectivity index (χ1n) is 7.05. The highest BCUT2D eigenvalue weighted by Crippen LogP contribution is 2.34. The van der Waals surface area contributed by atoms with E-state index in [0.717, 1.165) is 0 Å². The molecule has 0 aliphatic heterocycles. The highest BCUT2D eigenvalue weighted by Gasteiger charge is 2.29. The van der Waals surface area contributed by atoms with Gasteiger partial charge in [-0.25, -0.2) is 9.59 Å². The molecule has 0 spiro atoms. The topological polar surface area (TPSA) is 68.4 Å². The zero-order valence-corrected chi connectivity index (χ0v) is 14.8. The fourth-order valence-electron chi connectivity index (χ4n) is 2.14.